The molecule has 21 heavy (non-hydrogen) atoms. The molecule has 0 amide bonds. The number of guanidine groups is 1. The summed E-state index contributed by atoms with van der Waals surface area (Å²) in [5.41, 5.74) is 0. The number of nitrogens with zero attached hydrogens (tertiary/aromatic N) is 4. The first-order chi connectivity index (χ1) is 10.4. The summed E-state index contributed by atoms with van der Waals surface area (Å²) in [5, 5.41) is 7.69. The van der Waals surface area contributed by atoms with Crippen molar-refractivity contribution in [3.63, 3.8) is 0 Å². The molecule has 1 aromatic heterocycles. The molecule has 2 heterocycles. The summed E-state index contributed by atoms with van der Waals surface area (Å²) in [5.74, 6) is 2.89. The summed E-state index contributed by atoms with van der Waals surface area (Å²) in [6, 6.07) is 1.96. The zero-order valence-electron chi connectivity index (χ0n) is 13.0. The molecule has 2 fully saturated rings. The van der Waals surface area contributed by atoms with Crippen LogP contribution >= 0.6 is 0 Å². The van der Waals surface area contributed by atoms with Gasteiger partial charge in [-0.25, -0.2) is 0 Å². The van der Waals surface area contributed by atoms with E-state index < -0.39 is 0 Å². The first-order valence-electron chi connectivity index (χ1n) is 8.37. The van der Waals surface area contributed by atoms with Gasteiger partial charge in [-0.2, -0.15) is 5.10 Å². The molecule has 2 atom stereocenters. The number of fused-ring (bicyclic) bond motifs is 1. The lowest BCUT2D eigenvalue weighted by molar-refractivity contribution is 0.299. The van der Waals surface area contributed by atoms with Crippen LogP contribution in [-0.4, -0.2) is 46.8 Å². The largest absolute Gasteiger partial charge is 0.357 e. The number of likely N-dealkylation sites (tertiary alicyclic amines) is 1. The molecule has 2 unspecified atom stereocenters. The highest BCUT2D eigenvalue weighted by Gasteiger charge is 2.35. The second kappa shape index (κ2) is 6.96. The molecule has 5 nitrogen and oxygen atoms in total. The van der Waals surface area contributed by atoms with Gasteiger partial charge in [-0.05, 0) is 37.7 Å². The molecule has 0 spiro atoms. The zero-order valence-corrected chi connectivity index (χ0v) is 13.0. The predicted octanol–water partition coefficient (Wildman–Crippen LogP) is 1.97. The van der Waals surface area contributed by atoms with Gasteiger partial charge in [0.15, 0.2) is 5.96 Å². The third-order valence-corrected chi connectivity index (χ3v) is 4.76. The van der Waals surface area contributed by atoms with E-state index in [0.29, 0.717) is 0 Å². The fraction of sp³-hybridized carbons (Fsp3) is 0.750. The van der Waals surface area contributed by atoms with E-state index in [2.05, 4.69) is 22.2 Å². The fourth-order valence-corrected chi connectivity index (χ4v) is 3.70. The summed E-state index contributed by atoms with van der Waals surface area (Å²) in [7, 11) is 0. The lowest BCUT2D eigenvalue weighted by Crippen LogP contribution is -2.40. The molecule has 116 valence electrons. The molecule has 1 aliphatic carbocycles. The van der Waals surface area contributed by atoms with Crippen molar-refractivity contribution in [3.05, 3.63) is 18.5 Å². The summed E-state index contributed by atoms with van der Waals surface area (Å²) in [4.78, 5) is 7.28. The Morgan fingerprint density at radius 1 is 1.29 bits per heavy atom. The second-order valence-corrected chi connectivity index (χ2v) is 6.21. The average molecular weight is 289 g/mol. The molecule has 1 saturated heterocycles. The van der Waals surface area contributed by atoms with E-state index in [0.717, 1.165) is 37.4 Å². The van der Waals surface area contributed by atoms with Gasteiger partial charge in [0.05, 0.1) is 13.1 Å². The van der Waals surface area contributed by atoms with E-state index in [-0.39, 0.29) is 0 Å². The molecule has 0 aromatic carbocycles. The van der Waals surface area contributed by atoms with Crippen molar-refractivity contribution in [2.24, 2.45) is 16.8 Å². The molecule has 1 N–H and O–H groups in total. The van der Waals surface area contributed by atoms with E-state index >= 15 is 0 Å². The molecule has 0 bridgehead atoms. The Morgan fingerprint density at radius 2 is 2.05 bits per heavy atom. The van der Waals surface area contributed by atoms with Crippen LogP contribution in [0.15, 0.2) is 23.5 Å². The summed E-state index contributed by atoms with van der Waals surface area (Å²) in [6.45, 7) is 7.10. The van der Waals surface area contributed by atoms with Gasteiger partial charge >= 0.3 is 0 Å². The van der Waals surface area contributed by atoms with Gasteiger partial charge in [-0.1, -0.05) is 12.8 Å². The molecule has 1 aromatic rings. The van der Waals surface area contributed by atoms with Crippen LogP contribution in [0.25, 0.3) is 0 Å². The highest BCUT2D eigenvalue weighted by Crippen LogP contribution is 2.35. The Hall–Kier alpha value is -1.52. The first kappa shape index (κ1) is 14.4. The Kier molecular flexibility index (Phi) is 4.78. The molecule has 3 rings (SSSR count). The molecular formula is C16H27N5. The van der Waals surface area contributed by atoms with E-state index in [1.807, 2.05) is 23.1 Å². The molecule has 5 heteroatoms. The van der Waals surface area contributed by atoms with Crippen molar-refractivity contribution in [1.82, 2.24) is 20.0 Å². The predicted molar refractivity (Wildman–Crippen MR) is 85.2 cm³/mol. The normalized spacial score (nSPS) is 26.0. The highest BCUT2D eigenvalue weighted by molar-refractivity contribution is 5.80. The van der Waals surface area contributed by atoms with Gasteiger partial charge < -0.3 is 10.2 Å². The van der Waals surface area contributed by atoms with Gasteiger partial charge in [0, 0.05) is 32.0 Å². The van der Waals surface area contributed by atoms with Crippen molar-refractivity contribution in [1.29, 1.82) is 0 Å². The maximum atomic E-state index is 4.80. The molecule has 0 radical (unpaired) electrons. The number of rotatable bonds is 4. The molecule has 1 saturated carbocycles. The van der Waals surface area contributed by atoms with Gasteiger partial charge in [0.2, 0.25) is 0 Å². The van der Waals surface area contributed by atoms with Gasteiger partial charge in [0.1, 0.15) is 0 Å². The number of hydrogen-bond acceptors (Lipinski definition) is 2. The number of aliphatic imine (C=N–C) groups is 1. The molecule has 1 aliphatic heterocycles. The van der Waals surface area contributed by atoms with E-state index in [4.69, 9.17) is 4.99 Å². The van der Waals surface area contributed by atoms with E-state index in [9.17, 15) is 0 Å². The van der Waals surface area contributed by atoms with E-state index in [1.165, 1.54) is 38.8 Å². The minimum absolute atomic E-state index is 0.788. The maximum absolute atomic E-state index is 4.80. The third-order valence-electron chi connectivity index (χ3n) is 4.76. The van der Waals surface area contributed by atoms with Crippen LogP contribution in [0.2, 0.25) is 0 Å². The van der Waals surface area contributed by atoms with Crippen molar-refractivity contribution < 1.29 is 0 Å². The SMILES string of the molecule is CCNC(=NCCn1cccn1)N1CC2CCCCC2C1. The fourth-order valence-electron chi connectivity index (χ4n) is 3.70. The van der Waals surface area contributed by atoms with Crippen LogP contribution in [0.3, 0.4) is 0 Å². The molecular weight excluding hydrogens is 262 g/mol. The topological polar surface area (TPSA) is 45.5 Å². The number of hydrogen-bond donors (Lipinski definition) is 1. The average Bonchev–Trinajstić information content (AvgIpc) is 3.15. The Balaban J connectivity index is 1.58. The van der Waals surface area contributed by atoms with Crippen LogP contribution in [0.4, 0.5) is 0 Å². The van der Waals surface area contributed by atoms with Crippen molar-refractivity contribution in [2.45, 2.75) is 39.2 Å². The minimum Gasteiger partial charge on any atom is -0.357 e. The standard InChI is InChI=1S/C16H27N5/c1-2-17-16(18-9-11-21-10-5-8-19-21)20-12-14-6-3-4-7-15(14)13-20/h5,8,10,14-15H,2-4,6-7,9,11-13H2,1H3,(H,17,18). The minimum atomic E-state index is 0.788. The summed E-state index contributed by atoms with van der Waals surface area (Å²) < 4.78 is 1.94. The van der Waals surface area contributed by atoms with Crippen molar-refractivity contribution in [2.75, 3.05) is 26.2 Å². The van der Waals surface area contributed by atoms with Crippen LogP contribution in [0.5, 0.6) is 0 Å². The van der Waals surface area contributed by atoms with Crippen LogP contribution in [0, 0.1) is 11.8 Å². The lowest BCUT2D eigenvalue weighted by Gasteiger charge is -2.22. The Morgan fingerprint density at radius 3 is 2.67 bits per heavy atom. The first-order valence-corrected chi connectivity index (χ1v) is 8.37. The Bertz CT molecular complexity index is 439. The van der Waals surface area contributed by atoms with Gasteiger partial charge in [-0.3, -0.25) is 9.67 Å². The van der Waals surface area contributed by atoms with Crippen LogP contribution in [0.1, 0.15) is 32.6 Å². The number of aromatic nitrogens is 2. The van der Waals surface area contributed by atoms with Crippen LogP contribution in [-0.2, 0) is 6.54 Å². The summed E-state index contributed by atoms with van der Waals surface area (Å²) in [6.07, 6.45) is 9.47. The molecule has 2 aliphatic rings. The van der Waals surface area contributed by atoms with Gasteiger partial charge in [-0.15, -0.1) is 0 Å². The monoisotopic (exact) mass is 289 g/mol. The third kappa shape index (κ3) is 3.57. The maximum Gasteiger partial charge on any atom is 0.193 e. The van der Waals surface area contributed by atoms with Crippen molar-refractivity contribution >= 4 is 5.96 Å². The lowest BCUT2D eigenvalue weighted by atomic mass is 9.82. The Labute approximate surface area is 127 Å². The number of nitrogens with one attached hydrogen (secondary N) is 1. The van der Waals surface area contributed by atoms with E-state index in [1.54, 1.807) is 0 Å². The zero-order chi connectivity index (χ0) is 14.5. The van der Waals surface area contributed by atoms with Gasteiger partial charge in [0.25, 0.3) is 0 Å². The van der Waals surface area contributed by atoms with Crippen LogP contribution < -0.4 is 5.32 Å². The smallest absolute Gasteiger partial charge is 0.193 e. The quantitative estimate of drug-likeness (QED) is 0.681. The van der Waals surface area contributed by atoms with Crippen molar-refractivity contribution in [3.8, 4) is 0 Å². The summed E-state index contributed by atoms with van der Waals surface area (Å²) >= 11 is 0. The second-order valence-electron chi connectivity index (χ2n) is 6.21. The highest BCUT2D eigenvalue weighted by atomic mass is 15.3.